The second kappa shape index (κ2) is 11.5. The van der Waals surface area contributed by atoms with Crippen LogP contribution in [0.15, 0.2) is 75.4 Å². The molecule has 2 aromatic rings. The van der Waals surface area contributed by atoms with Gasteiger partial charge in [-0.3, -0.25) is 0 Å². The third-order valence-corrected chi connectivity index (χ3v) is 6.51. The van der Waals surface area contributed by atoms with Gasteiger partial charge >= 0.3 is 156 Å². The van der Waals surface area contributed by atoms with Gasteiger partial charge in [0.15, 0.2) is 0 Å². The molecule has 0 spiro atoms. The molecule has 24 heavy (non-hydrogen) atoms. The fourth-order valence-corrected chi connectivity index (χ4v) is 4.93. The molecule has 0 aliphatic carbocycles. The maximum absolute atomic E-state index is 5.73. The number of ether oxygens (including phenoxy) is 2. The van der Waals surface area contributed by atoms with Crippen molar-refractivity contribution in [2.45, 2.75) is 31.5 Å². The first-order valence-electron chi connectivity index (χ1n) is 8.18. The molecule has 0 heterocycles. The predicted molar refractivity (Wildman–Crippen MR) is 104 cm³/mol. The van der Waals surface area contributed by atoms with Crippen molar-refractivity contribution < 1.29 is 9.47 Å². The summed E-state index contributed by atoms with van der Waals surface area (Å²) in [5, 5.41) is 0. The zero-order chi connectivity index (χ0) is 17.0. The van der Waals surface area contributed by atoms with Gasteiger partial charge in [0.2, 0.25) is 0 Å². The Morgan fingerprint density at radius 1 is 0.958 bits per heavy atom. The van der Waals surface area contributed by atoms with E-state index in [1.807, 2.05) is 19.9 Å². The Morgan fingerprint density at radius 3 is 2.12 bits per heavy atom. The van der Waals surface area contributed by atoms with Gasteiger partial charge in [0.1, 0.15) is 0 Å². The summed E-state index contributed by atoms with van der Waals surface area (Å²) in [4.78, 5) is 4.90. The van der Waals surface area contributed by atoms with Gasteiger partial charge in [-0.05, 0) is 0 Å². The number of hydrogen-bond acceptors (Lipinski definition) is 3. The molecule has 0 N–H and O–H groups in total. The Hall–Kier alpha value is -1.03. The predicted octanol–water partition coefficient (Wildman–Crippen LogP) is 4.44. The topological polar surface area (TPSA) is 18.5 Å². The van der Waals surface area contributed by atoms with Crippen LogP contribution in [-0.4, -0.2) is 34.5 Å². The van der Waals surface area contributed by atoms with E-state index >= 15 is 0 Å². The Balaban J connectivity index is 2.10. The summed E-state index contributed by atoms with van der Waals surface area (Å²) in [6.07, 6.45) is 0.615. The van der Waals surface area contributed by atoms with Crippen LogP contribution in [0.25, 0.3) is 0 Å². The zero-order valence-electron chi connectivity index (χ0n) is 14.2. The van der Waals surface area contributed by atoms with E-state index in [2.05, 4.69) is 59.6 Å². The van der Waals surface area contributed by atoms with Gasteiger partial charge in [0, 0.05) is 0 Å². The first-order chi connectivity index (χ1) is 11.8. The molecular formula is C20H24O2SSe. The van der Waals surface area contributed by atoms with Crippen LogP contribution in [0.5, 0.6) is 0 Å². The van der Waals surface area contributed by atoms with E-state index < -0.39 is 0 Å². The standard InChI is InChI=1S/C20H24O2SSe/c1-3-21-20(22-4-2)15-18(23-17-11-7-5-8-12-17)16-24-19-13-9-6-10-14-19/h5-14,16,20H,3-4,15H2,1-2H3. The minimum atomic E-state index is -0.172. The van der Waals surface area contributed by atoms with Crippen molar-refractivity contribution in [1.82, 2.24) is 0 Å². The zero-order valence-corrected chi connectivity index (χ0v) is 16.7. The fraction of sp³-hybridized carbons (Fsp3) is 0.300. The first-order valence-corrected chi connectivity index (χ1v) is 10.8. The van der Waals surface area contributed by atoms with Crippen LogP contribution in [0, 0.1) is 0 Å². The van der Waals surface area contributed by atoms with E-state index in [0.717, 1.165) is 6.42 Å². The van der Waals surface area contributed by atoms with Gasteiger partial charge in [0.05, 0.1) is 0 Å². The molecule has 0 aromatic heterocycles. The molecule has 0 saturated carbocycles. The van der Waals surface area contributed by atoms with E-state index in [9.17, 15) is 0 Å². The van der Waals surface area contributed by atoms with E-state index in [4.69, 9.17) is 9.47 Å². The van der Waals surface area contributed by atoms with Crippen molar-refractivity contribution in [3.05, 3.63) is 70.5 Å². The summed E-state index contributed by atoms with van der Waals surface area (Å²) in [5.74, 6) is 0. The molecule has 0 aliphatic heterocycles. The second-order valence-corrected chi connectivity index (χ2v) is 8.15. The van der Waals surface area contributed by atoms with E-state index in [1.54, 1.807) is 11.8 Å². The number of rotatable bonds is 10. The number of benzene rings is 2. The van der Waals surface area contributed by atoms with E-state index in [1.165, 1.54) is 14.3 Å². The quantitative estimate of drug-likeness (QED) is 0.330. The molecule has 0 fully saturated rings. The van der Waals surface area contributed by atoms with Crippen LogP contribution < -0.4 is 4.46 Å². The number of hydrogen-bond donors (Lipinski definition) is 0. The second-order valence-electron chi connectivity index (χ2n) is 4.97. The molecule has 128 valence electrons. The molecule has 2 nitrogen and oxygen atoms in total. The molecule has 2 aromatic carbocycles. The third kappa shape index (κ3) is 7.25. The van der Waals surface area contributed by atoms with Crippen molar-refractivity contribution in [3.63, 3.8) is 0 Å². The monoisotopic (exact) mass is 408 g/mol. The fourth-order valence-electron chi connectivity index (χ4n) is 2.09. The molecular weight excluding hydrogens is 383 g/mol. The van der Waals surface area contributed by atoms with Gasteiger partial charge in [-0.2, -0.15) is 0 Å². The summed E-state index contributed by atoms with van der Waals surface area (Å²) in [6, 6.07) is 21.1. The Labute approximate surface area is 155 Å². The average molecular weight is 407 g/mol. The van der Waals surface area contributed by atoms with E-state index in [0.29, 0.717) is 28.2 Å². The van der Waals surface area contributed by atoms with Gasteiger partial charge in [-0.25, -0.2) is 0 Å². The summed E-state index contributed by atoms with van der Waals surface area (Å²) in [5.41, 5.74) is 0. The third-order valence-electron chi connectivity index (χ3n) is 3.13. The van der Waals surface area contributed by atoms with Crippen LogP contribution >= 0.6 is 11.8 Å². The maximum atomic E-state index is 5.73. The van der Waals surface area contributed by atoms with Crippen molar-refractivity contribution in [2.75, 3.05) is 13.2 Å². The van der Waals surface area contributed by atoms with Gasteiger partial charge in [-0.15, -0.1) is 0 Å². The van der Waals surface area contributed by atoms with Crippen molar-refractivity contribution in [1.29, 1.82) is 0 Å². The van der Waals surface area contributed by atoms with Crippen LogP contribution in [0.3, 0.4) is 0 Å². The summed E-state index contributed by atoms with van der Waals surface area (Å²) < 4.78 is 12.8. The Kier molecular flexibility index (Phi) is 9.25. The Bertz CT molecular complexity index is 596. The first kappa shape index (κ1) is 19.3. The number of thioether (sulfide) groups is 1. The molecule has 2 rings (SSSR count). The van der Waals surface area contributed by atoms with Gasteiger partial charge < -0.3 is 0 Å². The van der Waals surface area contributed by atoms with Crippen molar-refractivity contribution in [2.24, 2.45) is 0 Å². The van der Waals surface area contributed by atoms with Crippen LogP contribution in [0.1, 0.15) is 20.3 Å². The van der Waals surface area contributed by atoms with Crippen LogP contribution in [0.2, 0.25) is 0 Å². The molecule has 4 heteroatoms. The molecule has 0 saturated heterocycles. The molecule has 0 aliphatic rings. The molecule has 0 radical (unpaired) electrons. The molecule has 0 atom stereocenters. The van der Waals surface area contributed by atoms with Crippen LogP contribution in [0.4, 0.5) is 0 Å². The SMILES string of the molecule is CCOC(CC(=C[Se]c1ccccc1)Sc1ccccc1)OCC. The van der Waals surface area contributed by atoms with Gasteiger partial charge in [0.25, 0.3) is 0 Å². The van der Waals surface area contributed by atoms with E-state index in [-0.39, 0.29) is 6.29 Å². The summed E-state index contributed by atoms with van der Waals surface area (Å²) >= 11 is 2.11. The molecule has 0 amide bonds. The minimum absolute atomic E-state index is 0.172. The summed E-state index contributed by atoms with van der Waals surface area (Å²) in [7, 11) is 0. The molecule has 0 unspecified atom stereocenters. The Morgan fingerprint density at radius 2 is 1.54 bits per heavy atom. The van der Waals surface area contributed by atoms with Gasteiger partial charge in [-0.1, -0.05) is 0 Å². The van der Waals surface area contributed by atoms with Crippen molar-refractivity contribution >= 4 is 31.2 Å². The molecule has 0 bridgehead atoms. The van der Waals surface area contributed by atoms with Crippen molar-refractivity contribution in [3.8, 4) is 0 Å². The normalized spacial score (nSPS) is 11.9. The summed E-state index contributed by atoms with van der Waals surface area (Å²) in [6.45, 7) is 5.34. The van der Waals surface area contributed by atoms with Crippen LogP contribution in [-0.2, 0) is 9.47 Å². The average Bonchev–Trinajstić information content (AvgIpc) is 2.62.